The highest BCUT2D eigenvalue weighted by atomic mass is 32.2. The molecule has 0 unspecified atom stereocenters. The fourth-order valence-corrected chi connectivity index (χ4v) is 4.54. The smallest absolute Gasteiger partial charge is 0.322 e. The second-order valence-corrected chi connectivity index (χ2v) is 9.66. The molecular formula is C24H24N2O7S. The number of carboxylic acid groups (broad SMARTS) is 1. The number of non-ortho nitro benzene ring substituents is 1. The summed E-state index contributed by atoms with van der Waals surface area (Å²) in [7, 11) is -3.99. The van der Waals surface area contributed by atoms with Gasteiger partial charge in [-0.15, -0.1) is 0 Å². The Morgan fingerprint density at radius 2 is 1.62 bits per heavy atom. The van der Waals surface area contributed by atoms with Crippen molar-refractivity contribution < 1.29 is 28.0 Å². The molecule has 0 aliphatic heterocycles. The van der Waals surface area contributed by atoms with E-state index in [0.717, 1.165) is 11.1 Å². The largest absolute Gasteiger partial charge is 0.489 e. The van der Waals surface area contributed by atoms with Gasteiger partial charge in [-0.3, -0.25) is 14.9 Å². The summed E-state index contributed by atoms with van der Waals surface area (Å²) < 4.78 is 33.1. The Morgan fingerprint density at radius 1 is 1.03 bits per heavy atom. The molecule has 3 aromatic carbocycles. The molecule has 0 radical (unpaired) electrons. The van der Waals surface area contributed by atoms with Crippen LogP contribution in [0.3, 0.4) is 0 Å². The summed E-state index contributed by atoms with van der Waals surface area (Å²) in [5.41, 5.74) is 2.26. The van der Waals surface area contributed by atoms with Crippen LogP contribution < -0.4 is 9.46 Å². The minimum atomic E-state index is -3.99. The van der Waals surface area contributed by atoms with E-state index in [4.69, 9.17) is 4.74 Å². The van der Waals surface area contributed by atoms with Gasteiger partial charge in [0, 0.05) is 12.1 Å². The molecule has 1 atom stereocenters. The molecule has 0 bridgehead atoms. The zero-order chi connectivity index (χ0) is 24.9. The molecule has 0 spiro atoms. The topological polar surface area (TPSA) is 136 Å². The number of benzene rings is 3. The Morgan fingerprint density at radius 3 is 2.15 bits per heavy atom. The Bertz CT molecular complexity index is 1270. The van der Waals surface area contributed by atoms with E-state index in [1.165, 1.54) is 24.3 Å². The second kappa shape index (κ2) is 10.4. The average Bonchev–Trinajstić information content (AvgIpc) is 2.81. The van der Waals surface area contributed by atoms with Crippen LogP contribution in [0.25, 0.3) is 11.1 Å². The quantitative estimate of drug-likeness (QED) is 0.325. The zero-order valence-electron chi connectivity index (χ0n) is 18.5. The maximum absolute atomic E-state index is 12.6. The molecule has 0 heterocycles. The van der Waals surface area contributed by atoms with Crippen molar-refractivity contribution in [2.75, 3.05) is 0 Å². The summed E-state index contributed by atoms with van der Waals surface area (Å²) in [5, 5.41) is 20.1. The maximum Gasteiger partial charge on any atom is 0.322 e. The SMILES string of the molecule is CC(C)[C@@H](NS(=O)(=O)c1ccc(-c2ccc(OCc3cccc([N+](=O)[O-])c3)cc2)cc1)C(=O)O. The molecule has 3 rings (SSSR count). The van der Waals surface area contributed by atoms with Crippen molar-refractivity contribution in [1.82, 2.24) is 4.72 Å². The molecule has 9 nitrogen and oxygen atoms in total. The molecule has 0 amide bonds. The van der Waals surface area contributed by atoms with E-state index in [1.54, 1.807) is 50.2 Å². The number of nitro benzene ring substituents is 1. The van der Waals surface area contributed by atoms with Gasteiger partial charge in [-0.1, -0.05) is 50.2 Å². The number of aliphatic carboxylic acids is 1. The number of nitro groups is 1. The number of rotatable bonds is 10. The van der Waals surface area contributed by atoms with Gasteiger partial charge in [-0.05, 0) is 46.9 Å². The minimum absolute atomic E-state index is 0.000189. The van der Waals surface area contributed by atoms with Crippen LogP contribution in [-0.4, -0.2) is 30.5 Å². The van der Waals surface area contributed by atoms with Crippen molar-refractivity contribution in [3.05, 3.63) is 88.5 Å². The fourth-order valence-electron chi connectivity index (χ4n) is 3.20. The first kappa shape index (κ1) is 24.9. The first-order chi connectivity index (χ1) is 16.1. The molecule has 0 fully saturated rings. The third kappa shape index (κ3) is 6.18. The molecule has 2 N–H and O–H groups in total. The van der Waals surface area contributed by atoms with Crippen LogP contribution in [0.5, 0.6) is 5.75 Å². The van der Waals surface area contributed by atoms with Gasteiger partial charge in [0.2, 0.25) is 10.0 Å². The lowest BCUT2D eigenvalue weighted by Crippen LogP contribution is -2.44. The molecule has 34 heavy (non-hydrogen) atoms. The highest BCUT2D eigenvalue weighted by Crippen LogP contribution is 2.25. The van der Waals surface area contributed by atoms with E-state index in [2.05, 4.69) is 4.72 Å². The summed E-state index contributed by atoms with van der Waals surface area (Å²) in [6.45, 7) is 3.43. The van der Waals surface area contributed by atoms with E-state index in [-0.39, 0.29) is 17.2 Å². The molecule has 178 valence electrons. The highest BCUT2D eigenvalue weighted by Gasteiger charge is 2.27. The van der Waals surface area contributed by atoms with Crippen LogP contribution in [0.15, 0.2) is 77.7 Å². The number of hydrogen-bond acceptors (Lipinski definition) is 6. The predicted octanol–water partition coefficient (Wildman–Crippen LogP) is 4.23. The first-order valence-electron chi connectivity index (χ1n) is 10.4. The number of hydrogen-bond donors (Lipinski definition) is 2. The summed E-state index contributed by atoms with van der Waals surface area (Å²) in [6, 6.07) is 18.2. The summed E-state index contributed by atoms with van der Waals surface area (Å²) in [4.78, 5) is 21.7. The summed E-state index contributed by atoms with van der Waals surface area (Å²) >= 11 is 0. The minimum Gasteiger partial charge on any atom is -0.489 e. The van der Waals surface area contributed by atoms with E-state index < -0.39 is 32.9 Å². The Kier molecular flexibility index (Phi) is 7.64. The Labute approximate surface area is 197 Å². The molecule has 0 aliphatic rings. The number of nitrogens with zero attached hydrogens (tertiary/aromatic N) is 1. The van der Waals surface area contributed by atoms with E-state index in [0.29, 0.717) is 11.3 Å². The van der Waals surface area contributed by atoms with Gasteiger partial charge in [0.15, 0.2) is 0 Å². The van der Waals surface area contributed by atoms with Gasteiger partial charge < -0.3 is 9.84 Å². The van der Waals surface area contributed by atoms with Crippen LogP contribution in [0.1, 0.15) is 19.4 Å². The first-order valence-corrected chi connectivity index (χ1v) is 11.9. The molecule has 10 heteroatoms. The molecule has 0 aliphatic carbocycles. The van der Waals surface area contributed by atoms with Crippen molar-refractivity contribution in [3.8, 4) is 16.9 Å². The third-order valence-electron chi connectivity index (χ3n) is 5.09. The van der Waals surface area contributed by atoms with Crippen molar-refractivity contribution in [2.24, 2.45) is 5.92 Å². The van der Waals surface area contributed by atoms with Crippen molar-refractivity contribution in [3.63, 3.8) is 0 Å². The van der Waals surface area contributed by atoms with Crippen LogP contribution in [0.4, 0.5) is 5.69 Å². The summed E-state index contributed by atoms with van der Waals surface area (Å²) in [6.07, 6.45) is 0. The molecular weight excluding hydrogens is 460 g/mol. The molecule has 0 saturated heterocycles. The van der Waals surface area contributed by atoms with Gasteiger partial charge in [0.05, 0.1) is 9.82 Å². The Balaban J connectivity index is 1.67. The lowest BCUT2D eigenvalue weighted by molar-refractivity contribution is -0.384. The van der Waals surface area contributed by atoms with Crippen LogP contribution in [-0.2, 0) is 21.4 Å². The van der Waals surface area contributed by atoms with Gasteiger partial charge in [-0.25, -0.2) is 8.42 Å². The number of carboxylic acids is 1. The number of carbonyl (C=O) groups is 1. The zero-order valence-corrected chi connectivity index (χ0v) is 19.4. The van der Waals surface area contributed by atoms with Crippen LogP contribution >= 0.6 is 0 Å². The van der Waals surface area contributed by atoms with Crippen molar-refractivity contribution in [1.29, 1.82) is 0 Å². The number of sulfonamides is 1. The van der Waals surface area contributed by atoms with Crippen molar-refractivity contribution >= 4 is 21.7 Å². The lowest BCUT2D eigenvalue weighted by Gasteiger charge is -2.18. The van der Waals surface area contributed by atoms with Gasteiger partial charge >= 0.3 is 5.97 Å². The predicted molar refractivity (Wildman–Crippen MR) is 126 cm³/mol. The fraction of sp³-hybridized carbons (Fsp3) is 0.208. The second-order valence-electron chi connectivity index (χ2n) is 7.95. The van der Waals surface area contributed by atoms with E-state index >= 15 is 0 Å². The highest BCUT2D eigenvalue weighted by molar-refractivity contribution is 7.89. The average molecular weight is 485 g/mol. The molecule has 3 aromatic rings. The molecule has 0 saturated carbocycles. The third-order valence-corrected chi connectivity index (χ3v) is 6.55. The number of nitrogens with one attached hydrogen (secondary N) is 1. The lowest BCUT2D eigenvalue weighted by atomic mass is 10.1. The normalized spacial score (nSPS) is 12.3. The van der Waals surface area contributed by atoms with Gasteiger partial charge in [-0.2, -0.15) is 4.72 Å². The van der Waals surface area contributed by atoms with Gasteiger partial charge in [0.25, 0.3) is 5.69 Å². The Hall–Kier alpha value is -3.76. The maximum atomic E-state index is 12.6. The number of ether oxygens (including phenoxy) is 1. The van der Waals surface area contributed by atoms with Crippen LogP contribution in [0.2, 0.25) is 0 Å². The van der Waals surface area contributed by atoms with E-state index in [9.17, 15) is 28.4 Å². The molecule has 0 aromatic heterocycles. The van der Waals surface area contributed by atoms with E-state index in [1.807, 2.05) is 12.1 Å². The summed E-state index contributed by atoms with van der Waals surface area (Å²) in [5.74, 6) is -1.07. The standard InChI is InChI=1S/C24H24N2O7S/c1-16(2)23(24(27)28)25-34(31,32)22-12-8-19(9-13-22)18-6-10-21(11-7-18)33-15-17-4-3-5-20(14-17)26(29)30/h3-14,16,23,25H,15H2,1-2H3,(H,27,28)/t23-/m1/s1. The van der Waals surface area contributed by atoms with Crippen molar-refractivity contribution in [2.45, 2.75) is 31.4 Å². The van der Waals surface area contributed by atoms with Gasteiger partial charge in [0.1, 0.15) is 18.4 Å². The van der Waals surface area contributed by atoms with Crippen LogP contribution in [0, 0.1) is 16.0 Å². The monoisotopic (exact) mass is 484 g/mol.